The molecule has 0 spiro atoms. The van der Waals surface area contributed by atoms with Crippen LogP contribution >= 0.6 is 0 Å². The molecule has 0 amide bonds. The lowest BCUT2D eigenvalue weighted by Gasteiger charge is -2.30. The number of hydrogen-bond acceptors (Lipinski definition) is 4. The lowest BCUT2D eigenvalue weighted by molar-refractivity contribution is -0.102. The van der Waals surface area contributed by atoms with Crippen molar-refractivity contribution in [1.82, 2.24) is 5.43 Å². The second-order valence-electron chi connectivity index (χ2n) is 3.68. The van der Waals surface area contributed by atoms with Crippen LogP contribution in [0, 0.1) is 5.82 Å². The molecule has 1 saturated heterocycles. The van der Waals surface area contributed by atoms with Gasteiger partial charge in [0.15, 0.2) is 0 Å². The first-order valence-electron chi connectivity index (χ1n) is 5.22. The van der Waals surface area contributed by atoms with E-state index < -0.39 is 0 Å². The maximum atomic E-state index is 12.8. The first-order valence-corrected chi connectivity index (χ1v) is 5.22. The van der Waals surface area contributed by atoms with Crippen molar-refractivity contribution in [3.8, 4) is 0 Å². The van der Waals surface area contributed by atoms with Gasteiger partial charge in [-0.2, -0.15) is 0 Å². The number of benzene rings is 1. The normalized spacial score (nSPS) is 23.0. The zero-order chi connectivity index (χ0) is 11.4. The van der Waals surface area contributed by atoms with Gasteiger partial charge in [0.1, 0.15) is 11.9 Å². The van der Waals surface area contributed by atoms with E-state index in [4.69, 9.17) is 15.3 Å². The van der Waals surface area contributed by atoms with Crippen LogP contribution in [-0.4, -0.2) is 25.9 Å². The SMILES string of the molecule is NNC(c1ccc(F)cc1)C1COCCO1. The molecule has 3 N–H and O–H groups in total. The Morgan fingerprint density at radius 1 is 1.31 bits per heavy atom. The lowest BCUT2D eigenvalue weighted by Crippen LogP contribution is -2.43. The molecule has 88 valence electrons. The Kier molecular flexibility index (Phi) is 3.84. The average Bonchev–Trinajstić information content (AvgIpc) is 2.34. The van der Waals surface area contributed by atoms with Crippen LogP contribution in [0.15, 0.2) is 24.3 Å². The molecule has 0 radical (unpaired) electrons. The van der Waals surface area contributed by atoms with Gasteiger partial charge in [-0.25, -0.2) is 4.39 Å². The summed E-state index contributed by atoms with van der Waals surface area (Å²) in [5, 5.41) is 0. The average molecular weight is 226 g/mol. The molecule has 2 unspecified atom stereocenters. The number of halogens is 1. The van der Waals surface area contributed by atoms with E-state index in [1.54, 1.807) is 12.1 Å². The summed E-state index contributed by atoms with van der Waals surface area (Å²) in [6, 6.07) is 6.02. The standard InChI is InChI=1S/C11H15FN2O2/c12-9-3-1-8(2-4-9)11(14-13)10-7-15-5-6-16-10/h1-4,10-11,14H,5-7,13H2. The largest absolute Gasteiger partial charge is 0.376 e. The van der Waals surface area contributed by atoms with Crippen molar-refractivity contribution in [1.29, 1.82) is 0 Å². The molecule has 1 aliphatic heterocycles. The number of nitrogens with one attached hydrogen (secondary N) is 1. The van der Waals surface area contributed by atoms with Crippen LogP contribution in [0.2, 0.25) is 0 Å². The summed E-state index contributed by atoms with van der Waals surface area (Å²) in [6.07, 6.45) is -0.135. The highest BCUT2D eigenvalue weighted by molar-refractivity contribution is 5.21. The first-order chi connectivity index (χ1) is 7.81. The van der Waals surface area contributed by atoms with Crippen LogP contribution < -0.4 is 11.3 Å². The smallest absolute Gasteiger partial charge is 0.123 e. The van der Waals surface area contributed by atoms with Gasteiger partial charge in [0.05, 0.1) is 25.9 Å². The number of hydrazine groups is 1. The Hall–Kier alpha value is -1.01. The van der Waals surface area contributed by atoms with Crippen LogP contribution in [-0.2, 0) is 9.47 Å². The molecule has 1 heterocycles. The molecule has 0 saturated carbocycles. The minimum absolute atomic E-state index is 0.135. The molecule has 5 heteroatoms. The molecule has 1 aromatic rings. The maximum absolute atomic E-state index is 12.8. The summed E-state index contributed by atoms with van der Waals surface area (Å²) < 4.78 is 23.7. The van der Waals surface area contributed by atoms with E-state index in [2.05, 4.69) is 5.43 Å². The molecular formula is C11H15FN2O2. The van der Waals surface area contributed by atoms with Crippen LogP contribution in [0.3, 0.4) is 0 Å². The number of nitrogens with two attached hydrogens (primary N) is 1. The van der Waals surface area contributed by atoms with Crippen molar-refractivity contribution in [3.05, 3.63) is 35.6 Å². The van der Waals surface area contributed by atoms with Gasteiger partial charge in [-0.15, -0.1) is 0 Å². The summed E-state index contributed by atoms with van der Waals surface area (Å²) >= 11 is 0. The Morgan fingerprint density at radius 2 is 2.06 bits per heavy atom. The zero-order valence-electron chi connectivity index (χ0n) is 8.86. The fourth-order valence-corrected chi connectivity index (χ4v) is 1.79. The molecule has 16 heavy (non-hydrogen) atoms. The Morgan fingerprint density at radius 3 is 2.62 bits per heavy atom. The highest BCUT2D eigenvalue weighted by Gasteiger charge is 2.25. The summed E-state index contributed by atoms with van der Waals surface area (Å²) in [5.74, 6) is 5.23. The van der Waals surface area contributed by atoms with Gasteiger partial charge in [-0.3, -0.25) is 11.3 Å². The van der Waals surface area contributed by atoms with Crippen molar-refractivity contribution in [2.75, 3.05) is 19.8 Å². The fourth-order valence-electron chi connectivity index (χ4n) is 1.79. The van der Waals surface area contributed by atoms with Crippen LogP contribution in [0.25, 0.3) is 0 Å². The van der Waals surface area contributed by atoms with E-state index in [-0.39, 0.29) is 18.0 Å². The molecule has 1 fully saturated rings. The summed E-state index contributed by atoms with van der Waals surface area (Å²) in [7, 11) is 0. The number of hydrogen-bond donors (Lipinski definition) is 2. The lowest BCUT2D eigenvalue weighted by atomic mass is 10.0. The summed E-state index contributed by atoms with van der Waals surface area (Å²) in [6.45, 7) is 1.66. The van der Waals surface area contributed by atoms with Crippen molar-refractivity contribution < 1.29 is 13.9 Å². The molecule has 1 aromatic carbocycles. The van der Waals surface area contributed by atoms with Gasteiger partial charge in [0, 0.05) is 0 Å². The second kappa shape index (κ2) is 5.36. The Bertz CT molecular complexity index is 325. The van der Waals surface area contributed by atoms with Gasteiger partial charge in [0.2, 0.25) is 0 Å². The quantitative estimate of drug-likeness (QED) is 0.589. The zero-order valence-corrected chi connectivity index (χ0v) is 8.86. The van der Waals surface area contributed by atoms with Gasteiger partial charge >= 0.3 is 0 Å². The predicted molar refractivity (Wildman–Crippen MR) is 57.0 cm³/mol. The number of rotatable bonds is 3. The van der Waals surface area contributed by atoms with Crippen LogP contribution in [0.5, 0.6) is 0 Å². The summed E-state index contributed by atoms with van der Waals surface area (Å²) in [5.41, 5.74) is 3.57. The van der Waals surface area contributed by atoms with Gasteiger partial charge < -0.3 is 9.47 Å². The van der Waals surface area contributed by atoms with E-state index in [1.165, 1.54) is 12.1 Å². The molecule has 4 nitrogen and oxygen atoms in total. The molecule has 0 aromatic heterocycles. The minimum atomic E-state index is -0.264. The Balaban J connectivity index is 2.11. The Labute approximate surface area is 93.5 Å². The third-order valence-electron chi connectivity index (χ3n) is 2.62. The van der Waals surface area contributed by atoms with Gasteiger partial charge in [-0.1, -0.05) is 12.1 Å². The van der Waals surface area contributed by atoms with Crippen LogP contribution in [0.1, 0.15) is 11.6 Å². The van der Waals surface area contributed by atoms with Crippen molar-refractivity contribution in [2.45, 2.75) is 12.1 Å². The van der Waals surface area contributed by atoms with Crippen LogP contribution in [0.4, 0.5) is 4.39 Å². The third-order valence-corrected chi connectivity index (χ3v) is 2.62. The van der Waals surface area contributed by atoms with Crippen molar-refractivity contribution in [3.63, 3.8) is 0 Å². The van der Waals surface area contributed by atoms with Crippen molar-refractivity contribution in [2.24, 2.45) is 5.84 Å². The van der Waals surface area contributed by atoms with Gasteiger partial charge in [-0.05, 0) is 17.7 Å². The third kappa shape index (κ3) is 2.56. The maximum Gasteiger partial charge on any atom is 0.123 e. The van der Waals surface area contributed by atoms with Crippen molar-refractivity contribution >= 4 is 0 Å². The van der Waals surface area contributed by atoms with E-state index in [0.717, 1.165) is 5.56 Å². The summed E-state index contributed by atoms with van der Waals surface area (Å²) in [4.78, 5) is 0. The molecule has 0 bridgehead atoms. The van der Waals surface area contributed by atoms with E-state index >= 15 is 0 Å². The predicted octanol–water partition coefficient (Wildman–Crippen LogP) is 0.745. The monoisotopic (exact) mass is 226 g/mol. The second-order valence-corrected chi connectivity index (χ2v) is 3.68. The topological polar surface area (TPSA) is 56.5 Å². The highest BCUT2D eigenvalue weighted by Crippen LogP contribution is 2.21. The molecule has 0 aliphatic carbocycles. The van der Waals surface area contributed by atoms with E-state index in [9.17, 15) is 4.39 Å². The highest BCUT2D eigenvalue weighted by atomic mass is 19.1. The fraction of sp³-hybridized carbons (Fsp3) is 0.455. The van der Waals surface area contributed by atoms with E-state index in [1.807, 2.05) is 0 Å². The minimum Gasteiger partial charge on any atom is -0.376 e. The molecule has 1 aliphatic rings. The van der Waals surface area contributed by atoms with E-state index in [0.29, 0.717) is 19.8 Å². The molecular weight excluding hydrogens is 211 g/mol. The van der Waals surface area contributed by atoms with Gasteiger partial charge in [0.25, 0.3) is 0 Å². The first kappa shape index (κ1) is 11.5. The molecule has 2 rings (SSSR count). The number of ether oxygens (including phenoxy) is 2. The molecule has 2 atom stereocenters.